The SMILES string of the molecule is COc1ccc(-c2nnc(SC3CCc4ccccc4NC3=O)o2)cc1. The molecule has 1 aliphatic rings. The van der Waals surface area contributed by atoms with Crippen LogP contribution < -0.4 is 10.1 Å². The number of ether oxygens (including phenoxy) is 1. The van der Waals surface area contributed by atoms with Gasteiger partial charge in [0.25, 0.3) is 5.22 Å². The molecule has 0 saturated carbocycles. The highest BCUT2D eigenvalue weighted by Crippen LogP contribution is 2.32. The lowest BCUT2D eigenvalue weighted by molar-refractivity contribution is -0.115. The second-order valence-electron chi connectivity index (χ2n) is 5.89. The van der Waals surface area contributed by atoms with Crippen LogP contribution in [0.3, 0.4) is 0 Å². The largest absolute Gasteiger partial charge is 0.497 e. The van der Waals surface area contributed by atoms with Crippen molar-refractivity contribution in [3.8, 4) is 17.2 Å². The molecule has 26 heavy (non-hydrogen) atoms. The first-order valence-corrected chi connectivity index (χ1v) is 9.14. The quantitative estimate of drug-likeness (QED) is 0.756. The number of carbonyl (C=O) groups is 1. The summed E-state index contributed by atoms with van der Waals surface area (Å²) in [5.41, 5.74) is 2.83. The number of carbonyl (C=O) groups excluding carboxylic acids is 1. The van der Waals surface area contributed by atoms with E-state index in [9.17, 15) is 4.79 Å². The maximum Gasteiger partial charge on any atom is 0.277 e. The standard InChI is InChI=1S/C19H17N3O3S/c1-24-14-9-6-13(7-10-14)18-21-22-19(25-18)26-16-11-8-12-4-2-3-5-15(12)20-17(16)23/h2-7,9-10,16H,8,11H2,1H3,(H,20,23). The average Bonchev–Trinajstić information content (AvgIpc) is 3.08. The molecule has 132 valence electrons. The van der Waals surface area contributed by atoms with E-state index in [1.165, 1.54) is 11.8 Å². The molecule has 0 aliphatic carbocycles. The van der Waals surface area contributed by atoms with Crippen LogP contribution in [0.5, 0.6) is 5.75 Å². The highest BCUT2D eigenvalue weighted by Gasteiger charge is 2.26. The van der Waals surface area contributed by atoms with Crippen LogP contribution in [0.2, 0.25) is 0 Å². The van der Waals surface area contributed by atoms with Crippen LogP contribution in [0.1, 0.15) is 12.0 Å². The van der Waals surface area contributed by atoms with Gasteiger partial charge in [-0.15, -0.1) is 10.2 Å². The van der Waals surface area contributed by atoms with Crippen molar-refractivity contribution in [3.05, 3.63) is 54.1 Å². The minimum Gasteiger partial charge on any atom is -0.497 e. The number of nitrogens with zero attached hydrogens (tertiary/aromatic N) is 2. The predicted molar refractivity (Wildman–Crippen MR) is 99.3 cm³/mol. The third-order valence-electron chi connectivity index (χ3n) is 4.23. The van der Waals surface area contributed by atoms with Crippen LogP contribution in [0.4, 0.5) is 5.69 Å². The monoisotopic (exact) mass is 367 g/mol. The van der Waals surface area contributed by atoms with Gasteiger partial charge in [-0.3, -0.25) is 4.79 Å². The van der Waals surface area contributed by atoms with Crippen LogP contribution in [0, 0.1) is 0 Å². The molecule has 0 saturated heterocycles. The number of anilines is 1. The zero-order valence-electron chi connectivity index (χ0n) is 14.1. The molecule has 7 heteroatoms. The lowest BCUT2D eigenvalue weighted by Crippen LogP contribution is -2.23. The lowest BCUT2D eigenvalue weighted by atomic mass is 10.1. The Balaban J connectivity index is 1.48. The van der Waals surface area contributed by atoms with Crippen molar-refractivity contribution in [2.45, 2.75) is 23.3 Å². The highest BCUT2D eigenvalue weighted by molar-refractivity contribution is 8.00. The molecule has 1 N–H and O–H groups in total. The van der Waals surface area contributed by atoms with Crippen molar-refractivity contribution < 1.29 is 13.9 Å². The number of aryl methyl sites for hydroxylation is 1. The molecule has 0 spiro atoms. The van der Waals surface area contributed by atoms with Gasteiger partial charge in [0.05, 0.1) is 12.4 Å². The molecule has 0 bridgehead atoms. The summed E-state index contributed by atoms with van der Waals surface area (Å²) in [7, 11) is 1.62. The third-order valence-corrected chi connectivity index (χ3v) is 5.33. The Morgan fingerprint density at radius 1 is 1.15 bits per heavy atom. The number of aromatic nitrogens is 2. The molecular formula is C19H17N3O3S. The van der Waals surface area contributed by atoms with Gasteiger partial charge in [-0.2, -0.15) is 0 Å². The fourth-order valence-corrected chi connectivity index (χ4v) is 3.69. The van der Waals surface area contributed by atoms with E-state index >= 15 is 0 Å². The Labute approximate surface area is 155 Å². The Kier molecular flexibility index (Phi) is 4.62. The summed E-state index contributed by atoms with van der Waals surface area (Å²) >= 11 is 1.30. The smallest absolute Gasteiger partial charge is 0.277 e. The molecule has 4 rings (SSSR count). The number of nitrogens with one attached hydrogen (secondary N) is 1. The number of thioether (sulfide) groups is 1. The van der Waals surface area contributed by atoms with E-state index in [-0.39, 0.29) is 11.2 Å². The fraction of sp³-hybridized carbons (Fsp3) is 0.211. The Bertz CT molecular complexity index is 924. The fourth-order valence-electron chi connectivity index (χ4n) is 2.83. The topological polar surface area (TPSA) is 77.3 Å². The normalized spacial score (nSPS) is 16.5. The van der Waals surface area contributed by atoms with Crippen LogP contribution in [0.15, 0.2) is 58.2 Å². The maximum absolute atomic E-state index is 12.5. The number of rotatable bonds is 4. The molecule has 2 heterocycles. The van der Waals surface area contributed by atoms with Gasteiger partial charge >= 0.3 is 0 Å². The van der Waals surface area contributed by atoms with Gasteiger partial charge in [0, 0.05) is 11.3 Å². The summed E-state index contributed by atoms with van der Waals surface area (Å²) in [6.07, 6.45) is 1.54. The van der Waals surface area contributed by atoms with Gasteiger partial charge < -0.3 is 14.5 Å². The zero-order chi connectivity index (χ0) is 17.9. The van der Waals surface area contributed by atoms with Crippen molar-refractivity contribution in [1.82, 2.24) is 10.2 Å². The minimum absolute atomic E-state index is 0.0378. The Morgan fingerprint density at radius 3 is 2.77 bits per heavy atom. The van der Waals surface area contributed by atoms with Gasteiger partial charge in [0.2, 0.25) is 11.8 Å². The highest BCUT2D eigenvalue weighted by atomic mass is 32.2. The predicted octanol–water partition coefficient (Wildman–Crippen LogP) is 3.79. The second kappa shape index (κ2) is 7.21. The van der Waals surface area contributed by atoms with Gasteiger partial charge in [0.15, 0.2) is 0 Å². The molecule has 6 nitrogen and oxygen atoms in total. The molecule has 1 amide bonds. The van der Waals surface area contributed by atoms with Crippen LogP contribution in [0.25, 0.3) is 11.5 Å². The number of amides is 1. The Morgan fingerprint density at radius 2 is 1.96 bits per heavy atom. The van der Waals surface area contributed by atoms with Crippen molar-refractivity contribution in [2.24, 2.45) is 0 Å². The van der Waals surface area contributed by atoms with Crippen molar-refractivity contribution >= 4 is 23.4 Å². The number of methoxy groups -OCH3 is 1. The van der Waals surface area contributed by atoms with E-state index in [1.807, 2.05) is 48.5 Å². The first-order valence-electron chi connectivity index (χ1n) is 8.26. The lowest BCUT2D eigenvalue weighted by Gasteiger charge is -2.09. The average molecular weight is 367 g/mol. The number of hydrogen-bond donors (Lipinski definition) is 1. The first kappa shape index (κ1) is 16.7. The number of para-hydroxylation sites is 1. The molecule has 0 fully saturated rings. The molecule has 2 aromatic carbocycles. The number of fused-ring (bicyclic) bond motifs is 1. The van der Waals surface area contributed by atoms with E-state index in [0.717, 1.165) is 29.0 Å². The summed E-state index contributed by atoms with van der Waals surface area (Å²) < 4.78 is 10.9. The van der Waals surface area contributed by atoms with Crippen molar-refractivity contribution in [3.63, 3.8) is 0 Å². The van der Waals surface area contributed by atoms with Crippen molar-refractivity contribution in [2.75, 3.05) is 12.4 Å². The van der Waals surface area contributed by atoms with E-state index in [1.54, 1.807) is 7.11 Å². The first-order chi connectivity index (χ1) is 12.7. The second-order valence-corrected chi connectivity index (χ2v) is 7.05. The Hall–Kier alpha value is -2.80. The van der Waals surface area contributed by atoms with Gasteiger partial charge in [0.1, 0.15) is 5.75 Å². The molecule has 1 aliphatic heterocycles. The van der Waals surface area contributed by atoms with Crippen molar-refractivity contribution in [1.29, 1.82) is 0 Å². The van der Waals surface area contributed by atoms with Gasteiger partial charge in [-0.1, -0.05) is 30.0 Å². The summed E-state index contributed by atoms with van der Waals surface area (Å²) in [5, 5.41) is 11.3. The third kappa shape index (κ3) is 3.43. The minimum atomic E-state index is -0.272. The molecule has 3 aromatic rings. The maximum atomic E-state index is 12.5. The summed E-state index contributed by atoms with van der Waals surface area (Å²) in [4.78, 5) is 12.5. The molecular weight excluding hydrogens is 350 g/mol. The summed E-state index contributed by atoms with van der Waals surface area (Å²) in [6, 6.07) is 15.3. The van der Waals surface area contributed by atoms with Gasteiger partial charge in [-0.05, 0) is 48.7 Å². The van der Waals surface area contributed by atoms with E-state index in [0.29, 0.717) is 17.5 Å². The number of hydrogen-bond acceptors (Lipinski definition) is 6. The summed E-state index contributed by atoms with van der Waals surface area (Å²) in [5.74, 6) is 1.15. The molecule has 1 atom stereocenters. The molecule has 1 aromatic heterocycles. The molecule has 1 unspecified atom stereocenters. The van der Waals surface area contributed by atoms with E-state index < -0.39 is 0 Å². The number of benzene rings is 2. The van der Waals surface area contributed by atoms with Crippen LogP contribution >= 0.6 is 11.8 Å². The summed E-state index contributed by atoms with van der Waals surface area (Å²) in [6.45, 7) is 0. The van der Waals surface area contributed by atoms with E-state index in [4.69, 9.17) is 9.15 Å². The van der Waals surface area contributed by atoms with E-state index in [2.05, 4.69) is 15.5 Å². The van der Waals surface area contributed by atoms with Crippen LogP contribution in [-0.4, -0.2) is 28.5 Å². The van der Waals surface area contributed by atoms with Gasteiger partial charge in [-0.25, -0.2) is 0 Å². The zero-order valence-corrected chi connectivity index (χ0v) is 15.0. The van der Waals surface area contributed by atoms with Crippen LogP contribution in [-0.2, 0) is 11.2 Å². The molecule has 0 radical (unpaired) electrons.